The van der Waals surface area contributed by atoms with Crippen molar-refractivity contribution in [1.82, 2.24) is 15.0 Å². The summed E-state index contributed by atoms with van der Waals surface area (Å²) in [6.45, 7) is 0. The van der Waals surface area contributed by atoms with E-state index in [9.17, 15) is 39.5 Å². The number of pyridine rings is 3. The Kier molecular flexibility index (Phi) is 14.8. The van der Waals surface area contributed by atoms with Crippen molar-refractivity contribution in [3.05, 3.63) is 160 Å². The van der Waals surface area contributed by atoms with Crippen LogP contribution in [-0.2, 0) is 38.6 Å². The van der Waals surface area contributed by atoms with Gasteiger partial charge in [0.15, 0.2) is 0 Å². The van der Waals surface area contributed by atoms with Crippen LogP contribution in [0.25, 0.3) is 33.8 Å². The Morgan fingerprint density at radius 2 is 0.673 bits per heavy atom. The molecular weight excluding hydrogens is 944 g/mol. The molecule has 3 aromatic heterocycles. The molecule has 0 saturated heterocycles. The van der Waals surface area contributed by atoms with E-state index in [1.807, 2.05) is 0 Å². The Hall–Kier alpha value is -4.00. The van der Waals surface area contributed by atoms with Gasteiger partial charge in [0.05, 0.1) is 0 Å². The molecule has 0 saturated carbocycles. The van der Waals surface area contributed by atoms with E-state index in [-0.39, 0.29) is 51.9 Å². The predicted molar refractivity (Wildman–Crippen MR) is 176 cm³/mol. The van der Waals surface area contributed by atoms with Gasteiger partial charge in [-0.05, 0) is 67.0 Å². The van der Waals surface area contributed by atoms with Crippen molar-refractivity contribution in [3.8, 4) is 33.8 Å². The summed E-state index contributed by atoms with van der Waals surface area (Å²) in [6, 6.07) is 29.1. The summed E-state index contributed by atoms with van der Waals surface area (Å²) in [6.07, 6.45) is -8.91. The molecule has 0 unspecified atom stereocenters. The van der Waals surface area contributed by atoms with Crippen LogP contribution in [0.1, 0.15) is 16.7 Å². The Morgan fingerprint density at radius 1 is 0.423 bits per heavy atom. The van der Waals surface area contributed by atoms with Crippen molar-refractivity contribution < 1.29 is 59.6 Å². The molecule has 0 aliphatic rings. The van der Waals surface area contributed by atoms with E-state index in [1.54, 1.807) is 54.6 Å². The van der Waals surface area contributed by atoms with Gasteiger partial charge in [0, 0.05) is 18.6 Å². The topological polar surface area (TPSA) is 38.7 Å². The number of nitrogens with zero attached hydrogens (tertiary/aromatic N) is 3. The first-order valence-corrected chi connectivity index (χ1v) is 15.2. The SMILES string of the molecule is FC(F)(F)c1cc(-c2ccccn2)[c-]cc1Cl.FC(F)(F)c1cc(-c2ccccn2)[c-]cc1Cl.FC(F)(F)c1cc(-c2ccccn2)[c-]cc1Cl.[Ir+3]. The second-order valence-corrected chi connectivity index (χ2v) is 11.2. The summed E-state index contributed by atoms with van der Waals surface area (Å²) in [4.78, 5) is 11.9. The zero-order valence-corrected chi connectivity index (χ0v) is 30.3. The van der Waals surface area contributed by atoms with E-state index in [0.29, 0.717) is 17.1 Å². The Morgan fingerprint density at radius 3 is 0.865 bits per heavy atom. The molecule has 3 heterocycles. The van der Waals surface area contributed by atoms with Crippen LogP contribution in [0.4, 0.5) is 39.5 Å². The van der Waals surface area contributed by atoms with Crippen LogP contribution in [0, 0.1) is 18.2 Å². The number of rotatable bonds is 3. The average Bonchev–Trinajstić information content (AvgIpc) is 3.09. The number of benzene rings is 3. The molecular formula is C36H18Cl3F9IrN3. The van der Waals surface area contributed by atoms with Crippen molar-refractivity contribution in [2.75, 3.05) is 0 Å². The minimum atomic E-state index is -4.48. The van der Waals surface area contributed by atoms with Crippen LogP contribution >= 0.6 is 34.8 Å². The van der Waals surface area contributed by atoms with Crippen LogP contribution in [0.5, 0.6) is 0 Å². The molecule has 0 N–H and O–H groups in total. The molecule has 6 rings (SSSR count). The third kappa shape index (κ3) is 11.8. The Labute approximate surface area is 319 Å². The van der Waals surface area contributed by atoms with Gasteiger partial charge in [-0.25, -0.2) is 0 Å². The molecule has 0 atom stereocenters. The maximum atomic E-state index is 12.6. The van der Waals surface area contributed by atoms with E-state index >= 15 is 0 Å². The van der Waals surface area contributed by atoms with Crippen LogP contribution in [-0.4, -0.2) is 15.0 Å². The van der Waals surface area contributed by atoms with Gasteiger partial charge >= 0.3 is 38.6 Å². The summed E-state index contributed by atoms with van der Waals surface area (Å²) in [5, 5.41) is -1.09. The second kappa shape index (κ2) is 18.2. The third-order valence-corrected chi connectivity index (χ3v) is 7.38. The Balaban J connectivity index is 0.000000208. The Bertz CT molecular complexity index is 1810. The monoisotopic (exact) mass is 961 g/mol. The molecule has 0 aliphatic heterocycles. The predicted octanol–water partition coefficient (Wildman–Crippen LogP) is 12.7. The quantitative estimate of drug-likeness (QED) is 0.131. The molecule has 3 nitrogen and oxygen atoms in total. The van der Waals surface area contributed by atoms with Gasteiger partial charge in [0.2, 0.25) is 0 Å². The molecule has 3 aromatic carbocycles. The van der Waals surface area contributed by atoms with Crippen molar-refractivity contribution in [2.24, 2.45) is 0 Å². The summed E-state index contributed by atoms with van der Waals surface area (Å²) < 4.78 is 114. The van der Waals surface area contributed by atoms with E-state index in [2.05, 4.69) is 33.2 Å². The van der Waals surface area contributed by atoms with Crippen molar-refractivity contribution >= 4 is 34.8 Å². The third-order valence-electron chi connectivity index (χ3n) is 6.44. The number of hydrogen-bond donors (Lipinski definition) is 0. The van der Waals surface area contributed by atoms with Gasteiger partial charge in [-0.3, -0.25) is 0 Å². The maximum Gasteiger partial charge on any atom is 3.00 e. The summed E-state index contributed by atoms with van der Waals surface area (Å²) in [7, 11) is 0. The van der Waals surface area contributed by atoms with Crippen molar-refractivity contribution in [2.45, 2.75) is 18.5 Å². The summed E-state index contributed by atoms with van der Waals surface area (Å²) in [5.74, 6) is 0. The first-order chi connectivity index (χ1) is 23.9. The molecule has 270 valence electrons. The second-order valence-electron chi connectivity index (χ2n) is 9.96. The van der Waals surface area contributed by atoms with Crippen LogP contribution < -0.4 is 0 Å². The molecule has 0 fully saturated rings. The zero-order chi connectivity index (χ0) is 37.4. The van der Waals surface area contributed by atoms with Crippen LogP contribution in [0.2, 0.25) is 15.1 Å². The number of hydrogen-bond acceptors (Lipinski definition) is 3. The minimum Gasteiger partial charge on any atom is -0.305 e. The van der Waals surface area contributed by atoms with Gasteiger partial charge < -0.3 is 15.0 Å². The van der Waals surface area contributed by atoms with E-state index in [4.69, 9.17) is 34.8 Å². The fourth-order valence-electron chi connectivity index (χ4n) is 4.08. The smallest absolute Gasteiger partial charge is 0.305 e. The van der Waals surface area contributed by atoms with Crippen LogP contribution in [0.15, 0.2) is 110 Å². The zero-order valence-electron chi connectivity index (χ0n) is 25.6. The van der Waals surface area contributed by atoms with E-state index in [0.717, 1.165) is 36.4 Å². The molecule has 0 aliphatic carbocycles. The molecule has 6 aromatic rings. The van der Waals surface area contributed by atoms with E-state index < -0.39 is 35.2 Å². The number of halogens is 12. The van der Waals surface area contributed by atoms with Gasteiger partial charge in [0.1, 0.15) is 0 Å². The minimum absolute atomic E-state index is 0. The summed E-state index contributed by atoms with van der Waals surface area (Å²) >= 11 is 16.5. The first kappa shape index (κ1) is 42.4. The molecule has 0 bridgehead atoms. The molecule has 0 amide bonds. The van der Waals surface area contributed by atoms with Gasteiger partial charge in [-0.1, -0.05) is 36.4 Å². The molecule has 0 spiro atoms. The summed E-state index contributed by atoms with van der Waals surface area (Å²) in [5.41, 5.74) is -0.554. The molecule has 0 radical (unpaired) electrons. The number of aromatic nitrogens is 3. The largest absolute Gasteiger partial charge is 3.00 e. The normalized spacial score (nSPS) is 11.3. The van der Waals surface area contributed by atoms with Crippen molar-refractivity contribution in [1.29, 1.82) is 0 Å². The maximum absolute atomic E-state index is 12.6. The first-order valence-electron chi connectivity index (χ1n) is 14.0. The van der Waals surface area contributed by atoms with Gasteiger partial charge in [-0.15, -0.1) is 106 Å². The standard InChI is InChI=1S/3C12H6ClF3N.Ir/c3*13-10-5-4-8(7-9(10)12(14,15)16)11-3-1-2-6-17-11;/h3*1-3,5-7H;/q3*-1;+3. The van der Waals surface area contributed by atoms with Gasteiger partial charge in [-0.2, -0.15) is 39.5 Å². The molecule has 16 heteroatoms. The van der Waals surface area contributed by atoms with Crippen LogP contribution in [0.3, 0.4) is 0 Å². The van der Waals surface area contributed by atoms with E-state index in [1.165, 1.54) is 18.6 Å². The molecule has 52 heavy (non-hydrogen) atoms. The van der Waals surface area contributed by atoms with Gasteiger partial charge in [0.25, 0.3) is 0 Å². The fraction of sp³-hybridized carbons (Fsp3) is 0.0833. The number of alkyl halides is 9. The fourth-order valence-corrected chi connectivity index (χ4v) is 4.73. The van der Waals surface area contributed by atoms with Crippen molar-refractivity contribution in [3.63, 3.8) is 0 Å². The average molecular weight is 962 g/mol.